The molecule has 1 rings (SSSR count). The monoisotopic (exact) mass is 127 g/mol. The quantitative estimate of drug-likeness (QED) is 0.546. The summed E-state index contributed by atoms with van der Waals surface area (Å²) < 4.78 is 0. The molecular formula is C7H13NO. The van der Waals surface area contributed by atoms with Gasteiger partial charge in [0.1, 0.15) is 0 Å². The van der Waals surface area contributed by atoms with Crippen LogP contribution in [0.25, 0.3) is 0 Å². The standard InChI is InChI=1S/C7H13NO/c8-7-3-1-6(5-9)2-4-7/h6,8-9H,1-5H2. The van der Waals surface area contributed by atoms with Crippen molar-refractivity contribution in [2.24, 2.45) is 5.92 Å². The van der Waals surface area contributed by atoms with Crippen molar-refractivity contribution in [1.82, 2.24) is 0 Å². The van der Waals surface area contributed by atoms with Crippen LogP contribution in [0.2, 0.25) is 0 Å². The molecular weight excluding hydrogens is 114 g/mol. The lowest BCUT2D eigenvalue weighted by atomic mass is 9.89. The summed E-state index contributed by atoms with van der Waals surface area (Å²) >= 11 is 0. The number of hydrogen-bond donors (Lipinski definition) is 2. The fourth-order valence-electron chi connectivity index (χ4n) is 1.21. The summed E-state index contributed by atoms with van der Waals surface area (Å²) in [6.45, 7) is 0.313. The molecule has 9 heavy (non-hydrogen) atoms. The Bertz CT molecular complexity index is 101. The van der Waals surface area contributed by atoms with Crippen molar-refractivity contribution in [1.29, 1.82) is 5.41 Å². The summed E-state index contributed by atoms with van der Waals surface area (Å²) in [5.41, 5.74) is 0.861. The highest BCUT2D eigenvalue weighted by atomic mass is 16.3. The Balaban J connectivity index is 2.26. The van der Waals surface area contributed by atoms with Crippen LogP contribution in [0.5, 0.6) is 0 Å². The molecule has 0 unspecified atom stereocenters. The minimum Gasteiger partial charge on any atom is -0.396 e. The van der Waals surface area contributed by atoms with Crippen molar-refractivity contribution >= 4 is 5.71 Å². The van der Waals surface area contributed by atoms with Crippen LogP contribution in [0.4, 0.5) is 0 Å². The van der Waals surface area contributed by atoms with E-state index in [2.05, 4.69) is 0 Å². The Morgan fingerprint density at radius 1 is 1.44 bits per heavy atom. The average molecular weight is 127 g/mol. The first kappa shape index (κ1) is 6.75. The van der Waals surface area contributed by atoms with Gasteiger partial charge in [-0.1, -0.05) is 0 Å². The smallest absolute Gasteiger partial charge is 0.0459 e. The number of aliphatic hydroxyl groups is 1. The highest BCUT2D eigenvalue weighted by Gasteiger charge is 2.14. The van der Waals surface area contributed by atoms with Gasteiger partial charge < -0.3 is 10.5 Å². The lowest BCUT2D eigenvalue weighted by molar-refractivity contribution is 0.209. The number of rotatable bonds is 1. The minimum absolute atomic E-state index is 0.313. The van der Waals surface area contributed by atoms with Gasteiger partial charge in [-0.25, -0.2) is 0 Å². The van der Waals surface area contributed by atoms with E-state index in [1.807, 2.05) is 0 Å². The van der Waals surface area contributed by atoms with Crippen LogP contribution in [-0.2, 0) is 0 Å². The molecule has 0 saturated heterocycles. The molecule has 0 aliphatic heterocycles. The van der Waals surface area contributed by atoms with Crippen molar-refractivity contribution < 1.29 is 5.11 Å². The second kappa shape index (κ2) is 2.97. The Labute approximate surface area is 55.4 Å². The summed E-state index contributed by atoms with van der Waals surface area (Å²) in [5.74, 6) is 0.485. The van der Waals surface area contributed by atoms with E-state index in [1.165, 1.54) is 0 Å². The zero-order valence-corrected chi connectivity index (χ0v) is 5.56. The van der Waals surface area contributed by atoms with Gasteiger partial charge in [-0.2, -0.15) is 0 Å². The highest BCUT2D eigenvalue weighted by molar-refractivity contribution is 5.81. The lowest BCUT2D eigenvalue weighted by Crippen LogP contribution is -2.15. The van der Waals surface area contributed by atoms with Gasteiger partial charge >= 0.3 is 0 Å². The first-order valence-electron chi connectivity index (χ1n) is 3.50. The van der Waals surface area contributed by atoms with Gasteiger partial charge in [-0.05, 0) is 31.6 Å². The van der Waals surface area contributed by atoms with Crippen molar-refractivity contribution in [2.45, 2.75) is 25.7 Å². The van der Waals surface area contributed by atoms with Crippen LogP contribution >= 0.6 is 0 Å². The molecule has 2 heteroatoms. The fourth-order valence-corrected chi connectivity index (χ4v) is 1.21. The molecule has 0 heterocycles. The van der Waals surface area contributed by atoms with Gasteiger partial charge in [0, 0.05) is 12.3 Å². The molecule has 0 aromatic heterocycles. The van der Waals surface area contributed by atoms with E-state index >= 15 is 0 Å². The van der Waals surface area contributed by atoms with Crippen molar-refractivity contribution in [3.05, 3.63) is 0 Å². The van der Waals surface area contributed by atoms with E-state index in [1.54, 1.807) is 0 Å². The third kappa shape index (κ3) is 1.79. The summed E-state index contributed by atoms with van der Waals surface area (Å²) in [5, 5.41) is 16.0. The predicted octanol–water partition coefficient (Wildman–Crippen LogP) is 1.19. The number of aliphatic hydroxyl groups excluding tert-OH is 1. The molecule has 1 aliphatic carbocycles. The third-order valence-corrected chi connectivity index (χ3v) is 1.97. The van der Waals surface area contributed by atoms with Crippen LogP contribution in [0.1, 0.15) is 25.7 Å². The van der Waals surface area contributed by atoms with Gasteiger partial charge in [0.2, 0.25) is 0 Å². The molecule has 0 spiro atoms. The molecule has 0 amide bonds. The molecule has 1 aliphatic rings. The Hall–Kier alpha value is -0.370. The van der Waals surface area contributed by atoms with Crippen LogP contribution in [0.15, 0.2) is 0 Å². The molecule has 2 nitrogen and oxygen atoms in total. The first-order valence-corrected chi connectivity index (χ1v) is 3.50. The second-order valence-electron chi connectivity index (χ2n) is 2.73. The maximum absolute atomic E-state index is 8.71. The van der Waals surface area contributed by atoms with E-state index in [-0.39, 0.29) is 0 Å². The van der Waals surface area contributed by atoms with Crippen LogP contribution < -0.4 is 0 Å². The highest BCUT2D eigenvalue weighted by Crippen LogP contribution is 2.20. The summed E-state index contributed by atoms with van der Waals surface area (Å²) in [6, 6.07) is 0. The van der Waals surface area contributed by atoms with Gasteiger partial charge in [-0.3, -0.25) is 0 Å². The Kier molecular flexibility index (Phi) is 2.22. The first-order chi connectivity index (χ1) is 4.33. The molecule has 0 bridgehead atoms. The van der Waals surface area contributed by atoms with Crippen molar-refractivity contribution in [3.8, 4) is 0 Å². The van der Waals surface area contributed by atoms with E-state index in [4.69, 9.17) is 10.5 Å². The molecule has 0 radical (unpaired) electrons. The van der Waals surface area contributed by atoms with E-state index in [0.29, 0.717) is 12.5 Å². The van der Waals surface area contributed by atoms with Crippen molar-refractivity contribution in [3.63, 3.8) is 0 Å². The summed E-state index contributed by atoms with van der Waals surface area (Å²) in [6.07, 6.45) is 3.86. The molecule has 0 atom stereocenters. The average Bonchev–Trinajstić information content (AvgIpc) is 1.90. The molecule has 1 saturated carbocycles. The van der Waals surface area contributed by atoms with Gasteiger partial charge in [0.15, 0.2) is 0 Å². The SMILES string of the molecule is N=C1CCC(CO)CC1. The van der Waals surface area contributed by atoms with Crippen LogP contribution in [0, 0.1) is 11.3 Å². The molecule has 52 valence electrons. The molecule has 1 fully saturated rings. The van der Waals surface area contributed by atoms with E-state index < -0.39 is 0 Å². The molecule has 2 N–H and O–H groups in total. The third-order valence-electron chi connectivity index (χ3n) is 1.97. The zero-order chi connectivity index (χ0) is 6.69. The maximum Gasteiger partial charge on any atom is 0.0459 e. The molecule has 0 aromatic rings. The Morgan fingerprint density at radius 3 is 2.44 bits per heavy atom. The normalized spacial score (nSPS) is 28.6. The van der Waals surface area contributed by atoms with Gasteiger partial charge in [0.05, 0.1) is 0 Å². The fraction of sp³-hybridized carbons (Fsp3) is 0.857. The molecule has 0 aromatic carbocycles. The van der Waals surface area contributed by atoms with E-state index in [9.17, 15) is 0 Å². The van der Waals surface area contributed by atoms with Crippen molar-refractivity contribution in [2.75, 3.05) is 6.61 Å². The minimum atomic E-state index is 0.313. The predicted molar refractivity (Wildman–Crippen MR) is 36.8 cm³/mol. The maximum atomic E-state index is 8.71. The van der Waals surface area contributed by atoms with Crippen LogP contribution in [-0.4, -0.2) is 17.4 Å². The Morgan fingerprint density at radius 2 is 2.00 bits per heavy atom. The summed E-state index contributed by atoms with van der Waals surface area (Å²) in [4.78, 5) is 0. The number of nitrogens with one attached hydrogen (secondary N) is 1. The van der Waals surface area contributed by atoms with E-state index in [0.717, 1.165) is 31.4 Å². The van der Waals surface area contributed by atoms with Gasteiger partial charge in [-0.15, -0.1) is 0 Å². The summed E-state index contributed by atoms with van der Waals surface area (Å²) in [7, 11) is 0. The lowest BCUT2D eigenvalue weighted by Gasteiger charge is -2.19. The second-order valence-corrected chi connectivity index (χ2v) is 2.73. The van der Waals surface area contributed by atoms with Gasteiger partial charge in [0.25, 0.3) is 0 Å². The largest absolute Gasteiger partial charge is 0.396 e. The zero-order valence-electron chi connectivity index (χ0n) is 5.56. The topological polar surface area (TPSA) is 44.1 Å². The van der Waals surface area contributed by atoms with Crippen LogP contribution in [0.3, 0.4) is 0 Å². The number of hydrogen-bond acceptors (Lipinski definition) is 2.